The molecule has 1 atom stereocenters. The molecule has 1 unspecified atom stereocenters. The van der Waals surface area contributed by atoms with E-state index in [2.05, 4.69) is 39.8 Å². The van der Waals surface area contributed by atoms with Gasteiger partial charge in [0, 0.05) is 26.2 Å². The number of aliphatic imine (C=N–C) groups is 1. The van der Waals surface area contributed by atoms with Crippen LogP contribution in [0.4, 0.5) is 4.39 Å². The zero-order valence-electron chi connectivity index (χ0n) is 18.7. The molecule has 170 valence electrons. The molecule has 5 nitrogen and oxygen atoms in total. The van der Waals surface area contributed by atoms with Crippen molar-refractivity contribution in [2.45, 2.75) is 39.9 Å². The molecule has 31 heavy (non-hydrogen) atoms. The predicted octanol–water partition coefficient (Wildman–Crippen LogP) is 4.40. The zero-order valence-corrected chi connectivity index (χ0v) is 21.0. The molecule has 2 aromatic carbocycles. The van der Waals surface area contributed by atoms with Crippen LogP contribution in [0.25, 0.3) is 0 Å². The number of ether oxygens (including phenoxy) is 1. The average Bonchev–Trinajstić information content (AvgIpc) is 2.75. The van der Waals surface area contributed by atoms with Crippen molar-refractivity contribution < 1.29 is 9.13 Å². The molecule has 2 aromatic rings. The lowest BCUT2D eigenvalue weighted by Crippen LogP contribution is -2.38. The Labute approximate surface area is 202 Å². The minimum atomic E-state index is -0.180. The summed E-state index contributed by atoms with van der Waals surface area (Å²) in [5, 5.41) is 6.66. The molecule has 1 aliphatic rings. The van der Waals surface area contributed by atoms with Crippen molar-refractivity contribution in [2.75, 3.05) is 32.8 Å². The van der Waals surface area contributed by atoms with E-state index in [1.54, 1.807) is 13.0 Å². The molecule has 0 aliphatic carbocycles. The molecule has 3 rings (SSSR count). The Morgan fingerprint density at radius 2 is 1.90 bits per heavy atom. The monoisotopic (exact) mass is 540 g/mol. The fraction of sp³-hybridized carbons (Fsp3) is 0.458. The van der Waals surface area contributed by atoms with E-state index >= 15 is 0 Å². The number of aryl methyl sites for hydroxylation is 1. The number of rotatable bonds is 7. The van der Waals surface area contributed by atoms with Crippen LogP contribution in [0, 0.1) is 12.7 Å². The Hall–Kier alpha value is -1.71. The average molecular weight is 540 g/mol. The second-order valence-electron chi connectivity index (χ2n) is 7.78. The second kappa shape index (κ2) is 13.0. The highest BCUT2D eigenvalue weighted by molar-refractivity contribution is 14.0. The summed E-state index contributed by atoms with van der Waals surface area (Å²) in [4.78, 5) is 7.16. The molecule has 0 bridgehead atoms. The van der Waals surface area contributed by atoms with E-state index in [-0.39, 0.29) is 35.8 Å². The molecule has 0 saturated carbocycles. The van der Waals surface area contributed by atoms with Gasteiger partial charge >= 0.3 is 0 Å². The molecular formula is C24H34FIN4O. The first-order valence-electron chi connectivity index (χ1n) is 10.7. The maximum Gasteiger partial charge on any atom is 0.192 e. The molecule has 1 saturated heterocycles. The summed E-state index contributed by atoms with van der Waals surface area (Å²) >= 11 is 0. The van der Waals surface area contributed by atoms with Crippen molar-refractivity contribution in [3.05, 3.63) is 70.5 Å². The standard InChI is InChI=1S/C24H33FN4O.HI/c1-4-26-24(28-19(3)22-9-8-18(2)23(25)15-22)27-16-20-6-5-7-21(14-20)17-29-10-12-30-13-11-29;/h5-9,14-15,19H,4,10-13,16-17H2,1-3H3,(H2,26,27,28);1H. The molecule has 0 aromatic heterocycles. The summed E-state index contributed by atoms with van der Waals surface area (Å²) in [7, 11) is 0. The third kappa shape index (κ3) is 8.05. The maximum atomic E-state index is 13.9. The second-order valence-corrected chi connectivity index (χ2v) is 7.78. The van der Waals surface area contributed by atoms with Gasteiger partial charge in [-0.05, 0) is 49.1 Å². The van der Waals surface area contributed by atoms with Gasteiger partial charge in [0.25, 0.3) is 0 Å². The summed E-state index contributed by atoms with van der Waals surface area (Å²) in [6.45, 7) is 11.7. The SMILES string of the molecule is CCNC(=NCc1cccc(CN2CCOCC2)c1)NC(C)c1ccc(C)c(F)c1.I. The molecule has 0 spiro atoms. The minimum absolute atomic E-state index is 0. The predicted molar refractivity (Wildman–Crippen MR) is 135 cm³/mol. The van der Waals surface area contributed by atoms with Crippen molar-refractivity contribution >= 4 is 29.9 Å². The van der Waals surface area contributed by atoms with Gasteiger partial charge in [0.2, 0.25) is 0 Å². The molecular weight excluding hydrogens is 506 g/mol. The van der Waals surface area contributed by atoms with E-state index in [0.717, 1.165) is 50.9 Å². The number of nitrogens with zero attached hydrogens (tertiary/aromatic N) is 2. The van der Waals surface area contributed by atoms with E-state index < -0.39 is 0 Å². The van der Waals surface area contributed by atoms with Crippen LogP contribution in [-0.2, 0) is 17.8 Å². The highest BCUT2D eigenvalue weighted by atomic mass is 127. The maximum absolute atomic E-state index is 13.9. The highest BCUT2D eigenvalue weighted by Crippen LogP contribution is 2.16. The van der Waals surface area contributed by atoms with Crippen molar-refractivity contribution in [1.29, 1.82) is 0 Å². The lowest BCUT2D eigenvalue weighted by molar-refractivity contribution is 0.0342. The first-order valence-corrected chi connectivity index (χ1v) is 10.7. The number of benzene rings is 2. The number of nitrogens with one attached hydrogen (secondary N) is 2. The van der Waals surface area contributed by atoms with Crippen molar-refractivity contribution in [3.63, 3.8) is 0 Å². The number of morpholine rings is 1. The Balaban J connectivity index is 0.00000341. The van der Waals surface area contributed by atoms with Crippen LogP contribution in [0.2, 0.25) is 0 Å². The van der Waals surface area contributed by atoms with Crippen LogP contribution in [-0.4, -0.2) is 43.7 Å². The van der Waals surface area contributed by atoms with Crippen LogP contribution >= 0.6 is 24.0 Å². The zero-order chi connectivity index (χ0) is 21.3. The van der Waals surface area contributed by atoms with Crippen LogP contribution in [0.5, 0.6) is 0 Å². The van der Waals surface area contributed by atoms with Crippen molar-refractivity contribution in [3.8, 4) is 0 Å². The third-order valence-electron chi connectivity index (χ3n) is 5.31. The molecule has 0 radical (unpaired) electrons. The Morgan fingerprint density at radius 3 is 2.61 bits per heavy atom. The summed E-state index contributed by atoms with van der Waals surface area (Å²) in [6.07, 6.45) is 0. The quantitative estimate of drug-likeness (QED) is 0.311. The van der Waals surface area contributed by atoms with Gasteiger partial charge in [0.15, 0.2) is 5.96 Å². The lowest BCUT2D eigenvalue weighted by atomic mass is 10.1. The number of hydrogen-bond acceptors (Lipinski definition) is 3. The molecule has 7 heteroatoms. The molecule has 2 N–H and O–H groups in total. The van der Waals surface area contributed by atoms with Gasteiger partial charge in [-0.15, -0.1) is 24.0 Å². The highest BCUT2D eigenvalue weighted by Gasteiger charge is 2.12. The lowest BCUT2D eigenvalue weighted by Gasteiger charge is -2.26. The third-order valence-corrected chi connectivity index (χ3v) is 5.31. The van der Waals surface area contributed by atoms with Crippen LogP contribution < -0.4 is 10.6 Å². The Bertz CT molecular complexity index is 855. The van der Waals surface area contributed by atoms with Gasteiger partial charge in [-0.1, -0.05) is 36.4 Å². The van der Waals surface area contributed by atoms with E-state index in [0.29, 0.717) is 12.1 Å². The number of halogens is 2. The first kappa shape index (κ1) is 25.5. The smallest absolute Gasteiger partial charge is 0.192 e. The first-order chi connectivity index (χ1) is 14.5. The number of guanidine groups is 1. The van der Waals surface area contributed by atoms with Gasteiger partial charge in [0.05, 0.1) is 25.8 Å². The van der Waals surface area contributed by atoms with E-state index in [1.165, 1.54) is 11.1 Å². The van der Waals surface area contributed by atoms with Gasteiger partial charge < -0.3 is 15.4 Å². The van der Waals surface area contributed by atoms with Gasteiger partial charge in [-0.3, -0.25) is 4.90 Å². The fourth-order valence-electron chi connectivity index (χ4n) is 3.50. The van der Waals surface area contributed by atoms with Gasteiger partial charge in [-0.2, -0.15) is 0 Å². The van der Waals surface area contributed by atoms with Crippen LogP contribution in [0.15, 0.2) is 47.5 Å². The topological polar surface area (TPSA) is 48.9 Å². The summed E-state index contributed by atoms with van der Waals surface area (Å²) in [5.74, 6) is 0.546. The number of hydrogen-bond donors (Lipinski definition) is 2. The molecule has 1 fully saturated rings. The van der Waals surface area contributed by atoms with Crippen molar-refractivity contribution in [2.24, 2.45) is 4.99 Å². The van der Waals surface area contributed by atoms with E-state index in [4.69, 9.17) is 9.73 Å². The van der Waals surface area contributed by atoms with E-state index in [9.17, 15) is 4.39 Å². The summed E-state index contributed by atoms with van der Waals surface area (Å²) < 4.78 is 19.3. The fourth-order valence-corrected chi connectivity index (χ4v) is 3.50. The van der Waals surface area contributed by atoms with Gasteiger partial charge in [-0.25, -0.2) is 9.38 Å². The Kier molecular flexibility index (Phi) is 10.7. The molecule has 1 heterocycles. The minimum Gasteiger partial charge on any atom is -0.379 e. The van der Waals surface area contributed by atoms with Gasteiger partial charge in [0.1, 0.15) is 5.82 Å². The van der Waals surface area contributed by atoms with Crippen LogP contribution in [0.3, 0.4) is 0 Å². The largest absolute Gasteiger partial charge is 0.379 e. The molecule has 1 aliphatic heterocycles. The van der Waals surface area contributed by atoms with Crippen LogP contribution in [0.1, 0.15) is 42.1 Å². The Morgan fingerprint density at radius 1 is 1.16 bits per heavy atom. The van der Waals surface area contributed by atoms with Crippen molar-refractivity contribution in [1.82, 2.24) is 15.5 Å². The summed E-state index contributed by atoms with van der Waals surface area (Å²) in [6, 6.07) is 13.9. The normalized spacial score (nSPS) is 15.8. The molecule has 0 amide bonds. The van der Waals surface area contributed by atoms with E-state index in [1.807, 2.05) is 26.0 Å². The summed E-state index contributed by atoms with van der Waals surface area (Å²) in [5.41, 5.74) is 4.03.